The molecule has 0 saturated carbocycles. The average Bonchev–Trinajstić information content (AvgIpc) is 3.95. The van der Waals surface area contributed by atoms with E-state index in [9.17, 15) is 26.3 Å². The molecule has 0 saturated heterocycles. The fraction of sp³-hybridized carbons (Fsp3) is 0.0303. The van der Waals surface area contributed by atoms with Crippen molar-refractivity contribution in [1.29, 1.82) is 26.3 Å². The minimum Gasteiger partial charge on any atom is -0.307 e. The summed E-state index contributed by atoms with van der Waals surface area (Å²) in [6.45, 7) is 3.93. The van der Waals surface area contributed by atoms with Crippen molar-refractivity contribution < 1.29 is 0 Å². The van der Waals surface area contributed by atoms with E-state index in [0.717, 1.165) is 122 Å². The van der Waals surface area contributed by atoms with Gasteiger partial charge in [-0.15, -0.1) is 0 Å². The van der Waals surface area contributed by atoms with Gasteiger partial charge in [0.2, 0.25) is 0 Å². The van der Waals surface area contributed by atoms with Crippen LogP contribution in [-0.2, 0) is 0 Å². The van der Waals surface area contributed by atoms with E-state index < -0.39 is 0 Å². The van der Waals surface area contributed by atoms with Crippen LogP contribution in [0.4, 0.5) is 0 Å². The summed E-state index contributed by atoms with van der Waals surface area (Å²) in [5, 5.41) is 54.1. The van der Waals surface area contributed by atoms with Crippen LogP contribution in [-0.4, -0.2) is 14.1 Å². The zero-order valence-electron chi connectivity index (χ0n) is 40.1. The molecule has 0 amide bonds. The monoisotopic (exact) mass is 942 g/mol. The van der Waals surface area contributed by atoms with Gasteiger partial charge in [0.05, 0.1) is 91.6 Å². The van der Waals surface area contributed by atoms with Gasteiger partial charge in [-0.3, -0.25) is 4.98 Å². The molecule has 342 valence electrons. The molecule has 9 aromatic carbocycles. The minimum absolute atomic E-state index is 0.479. The van der Waals surface area contributed by atoms with Crippen LogP contribution in [0, 0.1) is 70.5 Å². The predicted molar refractivity (Wildman–Crippen MR) is 293 cm³/mol. The highest BCUT2D eigenvalue weighted by Gasteiger charge is 2.24. The normalized spacial score (nSPS) is 11.0. The van der Waals surface area contributed by atoms with Crippen molar-refractivity contribution in [3.63, 3.8) is 0 Å². The summed E-state index contributed by atoms with van der Waals surface area (Å²) >= 11 is 0. The van der Waals surface area contributed by atoms with E-state index in [2.05, 4.69) is 118 Å². The van der Waals surface area contributed by atoms with E-state index in [-0.39, 0.29) is 0 Å². The van der Waals surface area contributed by atoms with Gasteiger partial charge in [0.25, 0.3) is 0 Å². The number of nitriles is 5. The number of benzene rings is 9. The Morgan fingerprint density at radius 1 is 0.297 bits per heavy atom. The molecule has 0 aliphatic carbocycles. The molecule has 0 unspecified atom stereocenters. The average molecular weight is 943 g/mol. The molecule has 0 aliphatic rings. The van der Waals surface area contributed by atoms with Crippen molar-refractivity contribution >= 4 is 43.6 Å². The third kappa shape index (κ3) is 7.56. The number of aryl methyl sites for hydroxylation is 2. The molecule has 8 heteroatoms. The maximum atomic E-state index is 11.3. The van der Waals surface area contributed by atoms with Crippen molar-refractivity contribution in [3.8, 4) is 97.4 Å². The number of hydrogen-bond donors (Lipinski definition) is 0. The Labute approximate surface area is 426 Å². The molecular weight excluding hydrogens is 905 g/mol. The van der Waals surface area contributed by atoms with Gasteiger partial charge in [-0.1, -0.05) is 97.1 Å². The molecule has 0 aliphatic heterocycles. The number of pyridine rings is 1. The zero-order valence-corrected chi connectivity index (χ0v) is 40.1. The van der Waals surface area contributed by atoms with Crippen molar-refractivity contribution in [2.75, 3.05) is 0 Å². The molecular formula is C66H38N8. The Morgan fingerprint density at radius 2 is 0.581 bits per heavy atom. The Balaban J connectivity index is 1.24. The van der Waals surface area contributed by atoms with E-state index in [1.165, 1.54) is 0 Å². The predicted octanol–water partition coefficient (Wildman–Crippen LogP) is 15.6. The summed E-state index contributed by atoms with van der Waals surface area (Å²) in [7, 11) is 0. The highest BCUT2D eigenvalue weighted by molar-refractivity contribution is 6.14. The van der Waals surface area contributed by atoms with E-state index in [1.807, 2.05) is 129 Å². The first kappa shape index (κ1) is 44.4. The Kier molecular flexibility index (Phi) is 10.7. The van der Waals surface area contributed by atoms with Gasteiger partial charge in [0.1, 0.15) is 0 Å². The maximum absolute atomic E-state index is 11.3. The quantitative estimate of drug-likeness (QED) is 0.156. The van der Waals surface area contributed by atoms with Crippen LogP contribution in [0.5, 0.6) is 0 Å². The summed E-state index contributed by atoms with van der Waals surface area (Å²) in [6.07, 6.45) is 0. The number of hydrogen-bond acceptors (Lipinski definition) is 6. The van der Waals surface area contributed by atoms with Crippen LogP contribution < -0.4 is 0 Å². The summed E-state index contributed by atoms with van der Waals surface area (Å²) in [4.78, 5) is 4.72. The fourth-order valence-electron chi connectivity index (χ4n) is 10.5. The van der Waals surface area contributed by atoms with Crippen LogP contribution in [0.3, 0.4) is 0 Å². The van der Waals surface area contributed by atoms with Gasteiger partial charge in [-0.05, 0) is 161 Å². The second kappa shape index (κ2) is 17.9. The number of aromatic nitrogens is 3. The summed E-state index contributed by atoms with van der Waals surface area (Å²) in [5.41, 5.74) is 18.9. The first-order valence-electron chi connectivity index (χ1n) is 24.0. The first-order chi connectivity index (χ1) is 36.2. The van der Waals surface area contributed by atoms with Gasteiger partial charge < -0.3 is 9.13 Å². The molecule has 0 fully saturated rings. The lowest BCUT2D eigenvalue weighted by Gasteiger charge is -2.20. The van der Waals surface area contributed by atoms with E-state index in [4.69, 9.17) is 4.98 Å². The Hall–Kier alpha value is -10.8. The van der Waals surface area contributed by atoms with E-state index in [1.54, 1.807) is 0 Å². The number of rotatable bonds is 7. The summed E-state index contributed by atoms with van der Waals surface area (Å²) in [5.74, 6) is 0. The number of fused-ring (bicyclic) bond motifs is 6. The lowest BCUT2D eigenvalue weighted by atomic mass is 9.97. The maximum Gasteiger partial charge on any atom is 0.0998 e. The molecule has 0 radical (unpaired) electrons. The van der Waals surface area contributed by atoms with E-state index >= 15 is 0 Å². The fourth-order valence-corrected chi connectivity index (χ4v) is 10.5. The third-order valence-corrected chi connectivity index (χ3v) is 14.0. The Morgan fingerprint density at radius 3 is 0.865 bits per heavy atom. The highest BCUT2D eigenvalue weighted by atomic mass is 15.1. The lowest BCUT2D eigenvalue weighted by Crippen LogP contribution is -2.06. The second-order valence-electron chi connectivity index (χ2n) is 18.5. The molecule has 74 heavy (non-hydrogen) atoms. The van der Waals surface area contributed by atoms with Crippen molar-refractivity contribution in [1.82, 2.24) is 14.1 Å². The topological polar surface area (TPSA) is 142 Å². The highest BCUT2D eigenvalue weighted by Crippen LogP contribution is 2.44. The van der Waals surface area contributed by atoms with Crippen LogP contribution in [0.2, 0.25) is 0 Å². The van der Waals surface area contributed by atoms with Crippen LogP contribution in [0.25, 0.3) is 111 Å². The summed E-state index contributed by atoms with van der Waals surface area (Å²) in [6, 6.07) is 76.2. The largest absolute Gasteiger partial charge is 0.307 e. The molecule has 12 aromatic rings. The molecule has 0 N–H and O–H groups in total. The van der Waals surface area contributed by atoms with Crippen LogP contribution in [0.1, 0.15) is 39.2 Å². The second-order valence-corrected chi connectivity index (χ2v) is 18.5. The van der Waals surface area contributed by atoms with Crippen LogP contribution in [0.15, 0.2) is 194 Å². The van der Waals surface area contributed by atoms with Gasteiger partial charge in [0.15, 0.2) is 0 Å². The smallest absolute Gasteiger partial charge is 0.0998 e. The first-order valence-corrected chi connectivity index (χ1v) is 24.0. The van der Waals surface area contributed by atoms with Crippen molar-refractivity contribution in [3.05, 3.63) is 233 Å². The van der Waals surface area contributed by atoms with Gasteiger partial charge in [-0.2, -0.15) is 26.3 Å². The van der Waals surface area contributed by atoms with Gasteiger partial charge in [-0.25, -0.2) is 0 Å². The van der Waals surface area contributed by atoms with Gasteiger partial charge in [0, 0.05) is 38.5 Å². The summed E-state index contributed by atoms with van der Waals surface area (Å²) < 4.78 is 4.60. The molecule has 0 atom stereocenters. The zero-order chi connectivity index (χ0) is 50.6. The lowest BCUT2D eigenvalue weighted by molar-refractivity contribution is 1.09. The van der Waals surface area contributed by atoms with Crippen molar-refractivity contribution in [2.45, 2.75) is 13.8 Å². The van der Waals surface area contributed by atoms with Gasteiger partial charge >= 0.3 is 0 Å². The minimum atomic E-state index is 0.479. The molecule has 0 bridgehead atoms. The van der Waals surface area contributed by atoms with Crippen LogP contribution >= 0.6 is 0 Å². The van der Waals surface area contributed by atoms with Crippen molar-refractivity contribution in [2.24, 2.45) is 0 Å². The molecule has 8 nitrogen and oxygen atoms in total. The number of nitrogens with zero attached hydrogens (tertiary/aromatic N) is 8. The Bertz CT molecular complexity index is 4270. The molecule has 0 spiro atoms. The molecule has 3 aromatic heterocycles. The molecule has 3 heterocycles. The SMILES string of the molecule is Cc1cc(-c2cc(-n3c4cc(-c5ccc(C#N)cc5)ccc4c4ccc(-c5ccc(C#N)cc5)cc43)c(-n3c4cc(-c5ccc(C#N)cc5)ccc4c4ccc(-c5ccc(C#N)cc5)cc43)cc2C#N)cc(C)n1. The third-order valence-electron chi connectivity index (χ3n) is 14.0. The molecule has 12 rings (SSSR count). The standard InChI is InChI=1S/C66H38N8/c1-40-27-54(28-41(2)72-40)60-34-66(74-63-31-52(48-15-7-44(37-69)8-16-48)21-25-58(63)59-26-22-53(32-64(59)74)49-17-9-45(38-70)10-18-49)65(33-55(60)39-71)73-61-29-50(46-11-3-42(35-67)4-12-46)19-23-56(61)57-24-20-51(30-62(57)73)47-13-5-43(36-68)6-14-47/h3-34H,1-2H3. The van der Waals surface area contributed by atoms with E-state index in [0.29, 0.717) is 27.8 Å².